The molecule has 1 aromatic heterocycles. The fourth-order valence-corrected chi connectivity index (χ4v) is 3.53. The Kier molecular flexibility index (Phi) is 10.1. The summed E-state index contributed by atoms with van der Waals surface area (Å²) in [6.07, 6.45) is 3.62. The van der Waals surface area contributed by atoms with Crippen LogP contribution in [0.3, 0.4) is 0 Å². The third-order valence-corrected chi connectivity index (χ3v) is 4.87. The molecule has 4 nitrogen and oxygen atoms in total. The van der Waals surface area contributed by atoms with Crippen LogP contribution < -0.4 is 10.6 Å². The summed E-state index contributed by atoms with van der Waals surface area (Å²) in [7, 11) is 1.85. The van der Waals surface area contributed by atoms with E-state index in [0.29, 0.717) is 0 Å². The molecule has 0 spiro atoms. The average Bonchev–Trinajstić information content (AvgIpc) is 3.15. The molecule has 1 aliphatic rings. The number of hydrogen-bond acceptors (Lipinski definition) is 3. The first-order chi connectivity index (χ1) is 10.3. The monoisotopic (exact) mass is 436 g/mol. The number of guanidine groups is 1. The third-order valence-electron chi connectivity index (χ3n) is 3.94. The average molecular weight is 436 g/mol. The molecule has 22 heavy (non-hydrogen) atoms. The molecule has 126 valence electrons. The van der Waals surface area contributed by atoms with Crippen LogP contribution in [-0.2, 0) is 6.42 Å². The molecule has 1 fully saturated rings. The van der Waals surface area contributed by atoms with Crippen LogP contribution in [-0.4, -0.2) is 50.6 Å². The summed E-state index contributed by atoms with van der Waals surface area (Å²) in [6.45, 7) is 7.94. The molecule has 1 saturated heterocycles. The lowest BCUT2D eigenvalue weighted by atomic mass is 10.1. The van der Waals surface area contributed by atoms with Crippen LogP contribution in [0, 0.1) is 5.92 Å². The predicted molar refractivity (Wildman–Crippen MR) is 108 cm³/mol. The zero-order valence-corrected chi connectivity index (χ0v) is 16.8. The Morgan fingerprint density at radius 3 is 3.00 bits per heavy atom. The van der Waals surface area contributed by atoms with Gasteiger partial charge in [-0.1, -0.05) is 13.0 Å². The van der Waals surface area contributed by atoms with Gasteiger partial charge in [-0.15, -0.1) is 35.3 Å². The molecule has 1 aromatic rings. The van der Waals surface area contributed by atoms with Crippen molar-refractivity contribution in [1.82, 2.24) is 15.5 Å². The van der Waals surface area contributed by atoms with Gasteiger partial charge in [-0.25, -0.2) is 0 Å². The maximum absolute atomic E-state index is 4.31. The maximum Gasteiger partial charge on any atom is 0.190 e. The summed E-state index contributed by atoms with van der Waals surface area (Å²) >= 11 is 1.81. The topological polar surface area (TPSA) is 39.7 Å². The molecule has 0 aromatic carbocycles. The predicted octanol–water partition coefficient (Wildman–Crippen LogP) is 2.81. The van der Waals surface area contributed by atoms with Gasteiger partial charge < -0.3 is 15.5 Å². The van der Waals surface area contributed by atoms with Crippen molar-refractivity contribution in [2.24, 2.45) is 10.9 Å². The van der Waals surface area contributed by atoms with Gasteiger partial charge in [0.25, 0.3) is 0 Å². The highest BCUT2D eigenvalue weighted by molar-refractivity contribution is 14.0. The number of hydrogen-bond donors (Lipinski definition) is 2. The highest BCUT2D eigenvalue weighted by atomic mass is 127. The Bertz CT molecular complexity index is 422. The van der Waals surface area contributed by atoms with E-state index in [-0.39, 0.29) is 24.0 Å². The summed E-state index contributed by atoms with van der Waals surface area (Å²) < 4.78 is 0. The second-order valence-corrected chi connectivity index (χ2v) is 6.70. The number of likely N-dealkylation sites (tertiary alicyclic amines) is 1. The van der Waals surface area contributed by atoms with Crippen LogP contribution in [0.25, 0.3) is 0 Å². The lowest BCUT2D eigenvalue weighted by Crippen LogP contribution is -2.41. The summed E-state index contributed by atoms with van der Waals surface area (Å²) in [5.41, 5.74) is 0. The second-order valence-electron chi connectivity index (χ2n) is 5.66. The van der Waals surface area contributed by atoms with Gasteiger partial charge in [0.15, 0.2) is 5.96 Å². The first kappa shape index (κ1) is 19.7. The van der Waals surface area contributed by atoms with Crippen LogP contribution in [0.15, 0.2) is 22.5 Å². The van der Waals surface area contributed by atoms with E-state index in [1.165, 1.54) is 37.4 Å². The van der Waals surface area contributed by atoms with Gasteiger partial charge in [0.2, 0.25) is 0 Å². The zero-order valence-electron chi connectivity index (χ0n) is 13.7. The first-order valence-electron chi connectivity index (χ1n) is 8.01. The summed E-state index contributed by atoms with van der Waals surface area (Å²) in [5, 5.41) is 9.00. The molecule has 2 N–H and O–H groups in total. The highest BCUT2D eigenvalue weighted by Gasteiger charge is 2.21. The fourth-order valence-electron chi connectivity index (χ4n) is 2.82. The van der Waals surface area contributed by atoms with Crippen molar-refractivity contribution in [3.63, 3.8) is 0 Å². The quantitative estimate of drug-likeness (QED) is 0.392. The molecule has 6 heteroatoms. The lowest BCUT2D eigenvalue weighted by molar-refractivity contribution is 0.324. The van der Waals surface area contributed by atoms with Crippen molar-refractivity contribution in [1.29, 1.82) is 0 Å². The van der Waals surface area contributed by atoms with E-state index < -0.39 is 0 Å². The van der Waals surface area contributed by atoms with Crippen LogP contribution in [0.5, 0.6) is 0 Å². The summed E-state index contributed by atoms with van der Waals surface area (Å²) in [5.74, 6) is 1.69. The minimum Gasteiger partial charge on any atom is -0.356 e. The van der Waals surface area contributed by atoms with Gasteiger partial charge in [0.05, 0.1) is 0 Å². The Labute approximate surface area is 155 Å². The molecular formula is C16H29IN4S. The number of aliphatic imine (C=N–C) groups is 1. The van der Waals surface area contributed by atoms with Gasteiger partial charge in [-0.3, -0.25) is 4.99 Å². The standard InChI is InChI=1S/C16H28N4S.HI/c1-3-9-20-10-7-14(13-20)12-19-16(17-2)18-8-6-15-5-4-11-21-15;/h4-5,11,14H,3,6-10,12-13H2,1-2H3,(H2,17,18,19);1H. The minimum absolute atomic E-state index is 0. The second kappa shape index (κ2) is 11.2. The molecule has 2 rings (SSSR count). The van der Waals surface area contributed by atoms with E-state index in [2.05, 4.69) is 45.0 Å². The zero-order chi connectivity index (χ0) is 14.9. The van der Waals surface area contributed by atoms with Crippen molar-refractivity contribution in [3.8, 4) is 0 Å². The molecule has 1 aliphatic heterocycles. The first-order valence-corrected chi connectivity index (χ1v) is 8.89. The van der Waals surface area contributed by atoms with Crippen LogP contribution in [0.1, 0.15) is 24.6 Å². The molecule has 0 radical (unpaired) electrons. The molecular weight excluding hydrogens is 407 g/mol. The Morgan fingerprint density at radius 1 is 1.45 bits per heavy atom. The molecule has 0 amide bonds. The third kappa shape index (κ3) is 6.83. The van der Waals surface area contributed by atoms with Gasteiger partial charge in [-0.05, 0) is 49.7 Å². The Balaban J connectivity index is 0.00000242. The van der Waals surface area contributed by atoms with Crippen LogP contribution in [0.4, 0.5) is 0 Å². The molecule has 0 saturated carbocycles. The molecule has 0 bridgehead atoms. The van der Waals surface area contributed by atoms with E-state index >= 15 is 0 Å². The molecule has 2 heterocycles. The SMILES string of the molecule is CCCN1CCC(CNC(=NC)NCCc2cccs2)C1.I. The van der Waals surface area contributed by atoms with Crippen molar-refractivity contribution in [3.05, 3.63) is 22.4 Å². The van der Waals surface area contributed by atoms with Crippen LogP contribution in [0.2, 0.25) is 0 Å². The maximum atomic E-state index is 4.31. The number of nitrogens with zero attached hydrogens (tertiary/aromatic N) is 2. The number of nitrogens with one attached hydrogen (secondary N) is 2. The van der Waals surface area contributed by atoms with Crippen molar-refractivity contribution >= 4 is 41.3 Å². The Hall–Kier alpha value is -0.340. The van der Waals surface area contributed by atoms with Gasteiger partial charge in [-0.2, -0.15) is 0 Å². The van der Waals surface area contributed by atoms with E-state index in [0.717, 1.165) is 31.4 Å². The lowest BCUT2D eigenvalue weighted by Gasteiger charge is -2.16. The largest absolute Gasteiger partial charge is 0.356 e. The summed E-state index contributed by atoms with van der Waals surface area (Å²) in [4.78, 5) is 8.30. The smallest absolute Gasteiger partial charge is 0.190 e. The summed E-state index contributed by atoms with van der Waals surface area (Å²) in [6, 6.07) is 4.29. The van der Waals surface area contributed by atoms with E-state index in [1.807, 2.05) is 18.4 Å². The number of rotatable bonds is 7. The molecule has 0 aliphatic carbocycles. The number of thiophene rings is 1. The Morgan fingerprint density at radius 2 is 2.32 bits per heavy atom. The van der Waals surface area contributed by atoms with Crippen molar-refractivity contribution < 1.29 is 0 Å². The number of halogens is 1. The normalized spacial score (nSPS) is 19.0. The molecule has 1 unspecified atom stereocenters. The van der Waals surface area contributed by atoms with E-state index in [9.17, 15) is 0 Å². The van der Waals surface area contributed by atoms with Crippen molar-refractivity contribution in [2.45, 2.75) is 26.2 Å². The van der Waals surface area contributed by atoms with Gasteiger partial charge in [0.1, 0.15) is 0 Å². The minimum atomic E-state index is 0. The van der Waals surface area contributed by atoms with Crippen molar-refractivity contribution in [2.75, 3.05) is 39.8 Å². The van der Waals surface area contributed by atoms with Gasteiger partial charge >= 0.3 is 0 Å². The van der Waals surface area contributed by atoms with E-state index in [1.54, 1.807) is 0 Å². The fraction of sp³-hybridized carbons (Fsp3) is 0.688. The highest BCUT2D eigenvalue weighted by Crippen LogP contribution is 2.15. The molecule has 1 atom stereocenters. The van der Waals surface area contributed by atoms with E-state index in [4.69, 9.17) is 0 Å². The van der Waals surface area contributed by atoms with Gasteiger partial charge in [0, 0.05) is 31.6 Å². The van der Waals surface area contributed by atoms with Crippen LogP contribution >= 0.6 is 35.3 Å².